The Morgan fingerprint density at radius 1 is 1.33 bits per heavy atom. The van der Waals surface area contributed by atoms with Crippen LogP contribution in [0.15, 0.2) is 6.20 Å². The maximum Gasteiger partial charge on any atom is 0.248 e. The van der Waals surface area contributed by atoms with E-state index in [0.29, 0.717) is 18.1 Å². The summed E-state index contributed by atoms with van der Waals surface area (Å²) in [7, 11) is 0.787. The summed E-state index contributed by atoms with van der Waals surface area (Å²) in [6, 6.07) is -1.36. The molecule has 3 atom stereocenters. The van der Waals surface area contributed by atoms with Gasteiger partial charge in [0.1, 0.15) is 12.1 Å². The highest BCUT2D eigenvalue weighted by molar-refractivity contribution is 7.85. The molecular formula is C19H32N6O4S. The molecule has 30 heavy (non-hydrogen) atoms. The molecule has 2 N–H and O–H groups in total. The van der Waals surface area contributed by atoms with Gasteiger partial charge in [-0.1, -0.05) is 26.0 Å². The van der Waals surface area contributed by atoms with Crippen LogP contribution in [-0.4, -0.2) is 96.3 Å². The number of aliphatic hydroxyl groups excluding tert-OH is 1. The van der Waals surface area contributed by atoms with E-state index in [9.17, 15) is 18.9 Å². The largest absolute Gasteiger partial charge is 0.391 e. The van der Waals surface area contributed by atoms with E-state index in [2.05, 4.69) is 20.5 Å². The van der Waals surface area contributed by atoms with Crippen LogP contribution in [0.2, 0.25) is 0 Å². The van der Waals surface area contributed by atoms with Crippen molar-refractivity contribution in [3.63, 3.8) is 0 Å². The summed E-state index contributed by atoms with van der Waals surface area (Å²) in [6.07, 6.45) is 1.27. The average molecular weight is 441 g/mol. The Balaban J connectivity index is 1.79. The van der Waals surface area contributed by atoms with Crippen LogP contribution in [0.25, 0.3) is 0 Å². The van der Waals surface area contributed by atoms with Crippen molar-refractivity contribution in [2.24, 2.45) is 5.41 Å². The monoisotopic (exact) mass is 440 g/mol. The lowest BCUT2D eigenvalue weighted by Gasteiger charge is -2.34. The Morgan fingerprint density at radius 2 is 2.00 bits per heavy atom. The summed E-state index contributed by atoms with van der Waals surface area (Å²) in [6.45, 7) is 8.04. The summed E-state index contributed by atoms with van der Waals surface area (Å²) in [5, 5.41) is 21.2. The Morgan fingerprint density at radius 3 is 2.60 bits per heavy atom. The predicted octanol–water partition coefficient (Wildman–Crippen LogP) is -0.863. The van der Waals surface area contributed by atoms with Crippen LogP contribution in [0, 0.1) is 5.41 Å². The lowest BCUT2D eigenvalue weighted by Crippen LogP contribution is -2.49. The third-order valence-electron chi connectivity index (χ3n) is 5.64. The number of aromatic nitrogens is 3. The number of rotatable bonds is 5. The second-order valence-corrected chi connectivity index (χ2v) is 10.8. The van der Waals surface area contributed by atoms with Crippen LogP contribution < -0.4 is 5.32 Å². The summed E-state index contributed by atoms with van der Waals surface area (Å²) < 4.78 is 13.1. The van der Waals surface area contributed by atoms with E-state index in [1.807, 2.05) is 20.8 Å². The van der Waals surface area contributed by atoms with Gasteiger partial charge in [-0.25, -0.2) is 4.68 Å². The quantitative estimate of drug-likeness (QED) is 0.611. The van der Waals surface area contributed by atoms with Gasteiger partial charge in [-0.3, -0.25) is 18.7 Å². The normalized spacial score (nSPS) is 24.8. The van der Waals surface area contributed by atoms with E-state index in [1.165, 1.54) is 11.9 Å². The minimum atomic E-state index is -0.738. The van der Waals surface area contributed by atoms with Crippen LogP contribution in [0.4, 0.5) is 0 Å². The molecule has 2 aliphatic rings. The van der Waals surface area contributed by atoms with Crippen LogP contribution in [0.1, 0.15) is 38.9 Å². The van der Waals surface area contributed by atoms with Gasteiger partial charge in [-0.2, -0.15) is 0 Å². The van der Waals surface area contributed by atoms with Gasteiger partial charge in [-0.15, -0.1) is 5.10 Å². The molecule has 0 bridgehead atoms. The molecule has 0 radical (unpaired) electrons. The van der Waals surface area contributed by atoms with Gasteiger partial charge in [0.15, 0.2) is 0 Å². The number of β-amino-alcohol motifs (C(OH)–C–C–N with tert-alkyl or cyclic N) is 1. The van der Waals surface area contributed by atoms with Crippen molar-refractivity contribution in [1.29, 1.82) is 0 Å². The number of amides is 2. The molecule has 0 aromatic carbocycles. The molecule has 0 unspecified atom stereocenters. The van der Waals surface area contributed by atoms with Crippen LogP contribution in [-0.2, 0) is 26.9 Å². The predicted molar refractivity (Wildman–Crippen MR) is 112 cm³/mol. The van der Waals surface area contributed by atoms with Gasteiger partial charge in [0.25, 0.3) is 0 Å². The number of hydrogen-bond donors (Lipinski definition) is 2. The zero-order valence-corrected chi connectivity index (χ0v) is 18.9. The molecule has 168 valence electrons. The zero-order valence-electron chi connectivity index (χ0n) is 18.1. The molecule has 0 saturated carbocycles. The molecule has 2 fully saturated rings. The number of carbonyl (C=O) groups is 2. The second-order valence-electron chi connectivity index (χ2n) is 9.09. The molecule has 0 spiro atoms. The summed E-state index contributed by atoms with van der Waals surface area (Å²) in [4.78, 5) is 29.4. The summed E-state index contributed by atoms with van der Waals surface area (Å²) >= 11 is 0. The van der Waals surface area contributed by atoms with E-state index in [-0.39, 0.29) is 24.8 Å². The first-order valence-electron chi connectivity index (χ1n) is 10.3. The van der Waals surface area contributed by atoms with Crippen molar-refractivity contribution in [1.82, 2.24) is 30.1 Å². The number of nitrogens with one attached hydrogen (secondary N) is 1. The van der Waals surface area contributed by atoms with Crippen molar-refractivity contribution in [3.8, 4) is 0 Å². The highest BCUT2D eigenvalue weighted by Gasteiger charge is 2.45. The van der Waals surface area contributed by atoms with Crippen molar-refractivity contribution in [2.45, 2.75) is 51.9 Å². The first kappa shape index (κ1) is 22.8. The van der Waals surface area contributed by atoms with Crippen molar-refractivity contribution < 1.29 is 18.9 Å². The molecule has 10 nitrogen and oxygen atoms in total. The van der Waals surface area contributed by atoms with E-state index >= 15 is 0 Å². The SMILES string of the molecule is CNC(=O)[C@@H]1C[C@@H](O)CN1C(=O)[C@@H](n1cc(CN2CCS(=O)CC2)nn1)C(C)(C)C. The molecular weight excluding hydrogens is 408 g/mol. The van der Waals surface area contributed by atoms with Crippen molar-refractivity contribution >= 4 is 22.6 Å². The van der Waals surface area contributed by atoms with Crippen molar-refractivity contribution in [3.05, 3.63) is 11.9 Å². The third kappa shape index (κ3) is 5.06. The lowest BCUT2D eigenvalue weighted by molar-refractivity contribution is -0.144. The summed E-state index contributed by atoms with van der Waals surface area (Å²) in [5.74, 6) is 0.789. The number of likely N-dealkylation sites (tertiary alicyclic amines) is 1. The fraction of sp³-hybridized carbons (Fsp3) is 0.789. The lowest BCUT2D eigenvalue weighted by atomic mass is 9.85. The Hall–Kier alpha value is -1.85. The fourth-order valence-corrected chi connectivity index (χ4v) is 5.21. The molecule has 2 amide bonds. The van der Waals surface area contributed by atoms with Gasteiger partial charge < -0.3 is 15.3 Å². The number of aliphatic hydroxyl groups is 1. The second kappa shape index (κ2) is 9.11. The van der Waals surface area contributed by atoms with E-state index in [1.54, 1.807) is 10.9 Å². The Labute approximate surface area is 179 Å². The first-order chi connectivity index (χ1) is 14.1. The molecule has 0 aliphatic carbocycles. The first-order valence-corrected chi connectivity index (χ1v) is 11.8. The zero-order chi connectivity index (χ0) is 22.1. The van der Waals surface area contributed by atoms with Crippen LogP contribution >= 0.6 is 0 Å². The number of carbonyl (C=O) groups excluding carboxylic acids is 2. The highest BCUT2D eigenvalue weighted by atomic mass is 32.2. The van der Waals surface area contributed by atoms with Gasteiger partial charge >= 0.3 is 0 Å². The fourth-order valence-electron chi connectivity index (χ4n) is 4.08. The Kier molecular flexibility index (Phi) is 6.93. The van der Waals surface area contributed by atoms with Crippen LogP contribution in [0.3, 0.4) is 0 Å². The topological polar surface area (TPSA) is 121 Å². The number of nitrogens with zero attached hydrogens (tertiary/aromatic N) is 5. The standard InChI is InChI=1S/C19H32N6O4S/c1-19(2,3)16(18(28)24-12-14(26)9-15(24)17(27)20-4)25-11-13(21-22-25)10-23-5-7-30(29)8-6-23/h11,14-16,26H,5-10,12H2,1-4H3,(H,20,27)/t14-,15+,16-/m1/s1. The molecule has 3 rings (SSSR count). The smallest absolute Gasteiger partial charge is 0.248 e. The molecule has 3 heterocycles. The van der Waals surface area contributed by atoms with Crippen molar-refractivity contribution in [2.75, 3.05) is 38.2 Å². The summed E-state index contributed by atoms with van der Waals surface area (Å²) in [5.41, 5.74) is 0.263. The molecule has 1 aromatic heterocycles. The molecule has 2 saturated heterocycles. The van der Waals surface area contributed by atoms with E-state index in [4.69, 9.17) is 0 Å². The van der Waals surface area contributed by atoms with E-state index < -0.39 is 34.4 Å². The minimum Gasteiger partial charge on any atom is -0.391 e. The van der Waals surface area contributed by atoms with E-state index in [0.717, 1.165) is 18.8 Å². The number of likely N-dealkylation sites (N-methyl/N-ethyl adjacent to an activating group) is 1. The highest BCUT2D eigenvalue weighted by Crippen LogP contribution is 2.34. The maximum atomic E-state index is 13.5. The third-order valence-corrected chi connectivity index (χ3v) is 6.92. The molecule has 11 heteroatoms. The Bertz CT molecular complexity index is 797. The van der Waals surface area contributed by atoms with Gasteiger partial charge in [0, 0.05) is 62.0 Å². The van der Waals surface area contributed by atoms with Crippen LogP contribution in [0.5, 0.6) is 0 Å². The molecule has 2 aliphatic heterocycles. The average Bonchev–Trinajstić information content (AvgIpc) is 3.28. The maximum absolute atomic E-state index is 13.5. The van der Waals surface area contributed by atoms with Gasteiger partial charge in [0.05, 0.1) is 18.0 Å². The number of hydrogen-bond acceptors (Lipinski definition) is 7. The minimum absolute atomic E-state index is 0.121. The molecule has 1 aromatic rings. The van der Waals surface area contributed by atoms with Gasteiger partial charge in [0.2, 0.25) is 11.8 Å². The van der Waals surface area contributed by atoms with Gasteiger partial charge in [-0.05, 0) is 5.41 Å².